The van der Waals surface area contributed by atoms with Gasteiger partial charge in [0.2, 0.25) is 0 Å². The maximum atomic E-state index is 12.2. The Labute approximate surface area is 123 Å². The van der Waals surface area contributed by atoms with E-state index in [-0.39, 0.29) is 29.1 Å². The van der Waals surface area contributed by atoms with E-state index in [1.165, 1.54) is 0 Å². The number of carbonyl (C=O) groups is 3. The Morgan fingerprint density at radius 1 is 1.19 bits per heavy atom. The molecule has 0 aromatic rings. The molecule has 2 saturated carbocycles. The second kappa shape index (κ2) is 6.93. The van der Waals surface area contributed by atoms with E-state index < -0.39 is 12.0 Å². The molecule has 2 aliphatic carbocycles. The van der Waals surface area contributed by atoms with Crippen molar-refractivity contribution in [1.82, 2.24) is 0 Å². The van der Waals surface area contributed by atoms with Crippen LogP contribution in [0, 0.1) is 11.8 Å². The molecule has 0 heterocycles. The van der Waals surface area contributed by atoms with Gasteiger partial charge in [-0.25, -0.2) is 0 Å². The monoisotopic (exact) mass is 294 g/mol. The molecule has 0 amide bonds. The molecule has 21 heavy (non-hydrogen) atoms. The summed E-state index contributed by atoms with van der Waals surface area (Å²) in [7, 11) is 0. The summed E-state index contributed by atoms with van der Waals surface area (Å²) in [6, 6.07) is -0.852. The number of carboxylic acids is 1. The lowest BCUT2D eigenvalue weighted by molar-refractivity contribution is -0.138. The number of ketones is 2. The Balaban J connectivity index is 1.83. The first-order valence-electron chi connectivity index (χ1n) is 7.63. The van der Waals surface area contributed by atoms with Gasteiger partial charge in [-0.15, -0.1) is 0 Å². The van der Waals surface area contributed by atoms with Crippen molar-refractivity contribution in [3.63, 3.8) is 0 Å². The van der Waals surface area contributed by atoms with Crippen LogP contribution in [0.4, 0.5) is 0 Å². The summed E-state index contributed by atoms with van der Waals surface area (Å²) in [6.45, 7) is 0.387. The van der Waals surface area contributed by atoms with Gasteiger partial charge >= 0.3 is 5.97 Å². The fourth-order valence-corrected chi connectivity index (χ4v) is 3.18. The Morgan fingerprint density at radius 3 is 2.29 bits per heavy atom. The zero-order valence-electron chi connectivity index (χ0n) is 12.1. The number of unbranched alkanes of at least 4 members (excludes halogenated alkanes) is 1. The predicted molar refractivity (Wildman–Crippen MR) is 77.2 cm³/mol. The molecule has 3 atom stereocenters. The SMILES string of the molecule is NC(CCCCN=C1C(=O)C2CCCCC2C1=O)C(=O)O. The Morgan fingerprint density at radius 2 is 1.76 bits per heavy atom. The Hall–Kier alpha value is -1.56. The van der Waals surface area contributed by atoms with E-state index in [0.29, 0.717) is 25.8 Å². The number of aliphatic imine (C=N–C) groups is 1. The highest BCUT2D eigenvalue weighted by Crippen LogP contribution is 2.36. The summed E-state index contributed by atoms with van der Waals surface area (Å²) in [5, 5.41) is 8.66. The van der Waals surface area contributed by atoms with Gasteiger partial charge in [-0.2, -0.15) is 0 Å². The highest BCUT2D eigenvalue weighted by Gasteiger charge is 2.47. The number of hydrogen-bond donors (Lipinski definition) is 2. The molecule has 0 aromatic carbocycles. The van der Waals surface area contributed by atoms with Gasteiger partial charge in [0.1, 0.15) is 11.8 Å². The highest BCUT2D eigenvalue weighted by molar-refractivity contribution is 6.70. The number of nitrogens with two attached hydrogens (primary N) is 1. The summed E-state index contributed by atoms with van der Waals surface area (Å²) in [5.41, 5.74) is 5.55. The van der Waals surface area contributed by atoms with E-state index in [4.69, 9.17) is 10.8 Å². The summed E-state index contributed by atoms with van der Waals surface area (Å²) in [5.74, 6) is -1.43. The van der Waals surface area contributed by atoms with Gasteiger partial charge in [0.15, 0.2) is 11.6 Å². The smallest absolute Gasteiger partial charge is 0.320 e. The molecule has 116 valence electrons. The fourth-order valence-electron chi connectivity index (χ4n) is 3.18. The predicted octanol–water partition coefficient (Wildman–Crippen LogP) is 0.968. The van der Waals surface area contributed by atoms with Crippen molar-refractivity contribution in [2.24, 2.45) is 22.6 Å². The lowest BCUT2D eigenvalue weighted by Gasteiger charge is -2.20. The molecule has 6 heteroatoms. The zero-order chi connectivity index (χ0) is 15.4. The van der Waals surface area contributed by atoms with E-state index in [0.717, 1.165) is 25.7 Å². The minimum absolute atomic E-state index is 0.0769. The number of aliphatic carboxylic acids is 1. The molecule has 0 aliphatic heterocycles. The van der Waals surface area contributed by atoms with Crippen LogP contribution in [-0.2, 0) is 14.4 Å². The molecule has 0 bridgehead atoms. The average molecular weight is 294 g/mol. The summed E-state index contributed by atoms with van der Waals surface area (Å²) in [6.07, 6.45) is 5.29. The van der Waals surface area contributed by atoms with Crippen molar-refractivity contribution in [3.8, 4) is 0 Å². The normalized spacial score (nSPS) is 26.6. The van der Waals surface area contributed by atoms with Crippen molar-refractivity contribution in [2.45, 2.75) is 51.0 Å². The van der Waals surface area contributed by atoms with Crippen molar-refractivity contribution in [1.29, 1.82) is 0 Å². The molecule has 0 saturated heterocycles. The number of Topliss-reactive ketones (excluding diaryl/α,β-unsaturated/α-hetero) is 2. The number of carbonyl (C=O) groups excluding carboxylic acids is 2. The van der Waals surface area contributed by atoms with Crippen LogP contribution in [0.2, 0.25) is 0 Å². The van der Waals surface area contributed by atoms with Gasteiger partial charge in [-0.05, 0) is 32.1 Å². The van der Waals surface area contributed by atoms with Crippen LogP contribution in [0.1, 0.15) is 44.9 Å². The van der Waals surface area contributed by atoms with Crippen molar-refractivity contribution >= 4 is 23.2 Å². The fraction of sp³-hybridized carbons (Fsp3) is 0.733. The van der Waals surface area contributed by atoms with Crippen LogP contribution in [0.3, 0.4) is 0 Å². The van der Waals surface area contributed by atoms with Gasteiger partial charge in [-0.3, -0.25) is 19.4 Å². The first-order valence-corrected chi connectivity index (χ1v) is 7.63. The number of carboxylic acid groups (broad SMARTS) is 1. The molecule has 0 aromatic heterocycles. The molecule has 2 fully saturated rings. The van der Waals surface area contributed by atoms with Crippen LogP contribution < -0.4 is 5.73 Å². The summed E-state index contributed by atoms with van der Waals surface area (Å²) in [4.78, 5) is 39.1. The van der Waals surface area contributed by atoms with Gasteiger partial charge < -0.3 is 10.8 Å². The van der Waals surface area contributed by atoms with Crippen LogP contribution in [0.25, 0.3) is 0 Å². The van der Waals surface area contributed by atoms with Crippen LogP contribution in [-0.4, -0.2) is 40.9 Å². The minimum atomic E-state index is -1.01. The lowest BCUT2D eigenvalue weighted by atomic mass is 9.81. The topological polar surface area (TPSA) is 110 Å². The maximum absolute atomic E-state index is 12.2. The van der Waals surface area contributed by atoms with Gasteiger partial charge in [0.25, 0.3) is 0 Å². The average Bonchev–Trinajstić information content (AvgIpc) is 2.71. The third-order valence-corrected chi connectivity index (χ3v) is 4.42. The van der Waals surface area contributed by atoms with Crippen LogP contribution in [0.5, 0.6) is 0 Å². The third kappa shape index (κ3) is 3.56. The second-order valence-corrected chi connectivity index (χ2v) is 5.90. The molecule has 3 N–H and O–H groups in total. The number of nitrogens with zero attached hydrogens (tertiary/aromatic N) is 1. The van der Waals surface area contributed by atoms with E-state index in [1.807, 2.05) is 0 Å². The molecule has 3 unspecified atom stereocenters. The van der Waals surface area contributed by atoms with Crippen LogP contribution >= 0.6 is 0 Å². The van der Waals surface area contributed by atoms with Crippen LogP contribution in [0.15, 0.2) is 4.99 Å². The molecule has 0 spiro atoms. The highest BCUT2D eigenvalue weighted by atomic mass is 16.4. The zero-order valence-corrected chi connectivity index (χ0v) is 12.1. The van der Waals surface area contributed by atoms with E-state index in [1.54, 1.807) is 0 Å². The summed E-state index contributed by atoms with van der Waals surface area (Å²) < 4.78 is 0. The molecular formula is C15H22N2O4. The lowest BCUT2D eigenvalue weighted by Crippen LogP contribution is -2.29. The molecule has 6 nitrogen and oxygen atoms in total. The Kier molecular flexibility index (Phi) is 5.22. The number of rotatable bonds is 6. The summed E-state index contributed by atoms with van der Waals surface area (Å²) >= 11 is 0. The van der Waals surface area contributed by atoms with Gasteiger partial charge in [0, 0.05) is 18.4 Å². The van der Waals surface area contributed by atoms with Crippen molar-refractivity contribution in [3.05, 3.63) is 0 Å². The first-order chi connectivity index (χ1) is 10.0. The quantitative estimate of drug-likeness (QED) is 0.709. The maximum Gasteiger partial charge on any atom is 0.320 e. The number of hydrogen-bond acceptors (Lipinski definition) is 5. The number of fused-ring (bicyclic) bond motifs is 1. The molecule has 0 radical (unpaired) electrons. The molecular weight excluding hydrogens is 272 g/mol. The van der Waals surface area contributed by atoms with E-state index >= 15 is 0 Å². The van der Waals surface area contributed by atoms with Crippen molar-refractivity contribution < 1.29 is 19.5 Å². The van der Waals surface area contributed by atoms with E-state index in [9.17, 15) is 14.4 Å². The third-order valence-electron chi connectivity index (χ3n) is 4.42. The van der Waals surface area contributed by atoms with Gasteiger partial charge in [0.05, 0.1) is 0 Å². The second-order valence-electron chi connectivity index (χ2n) is 5.90. The Bertz CT molecular complexity index is 446. The van der Waals surface area contributed by atoms with Crippen molar-refractivity contribution in [2.75, 3.05) is 6.54 Å². The first kappa shape index (κ1) is 15.8. The van der Waals surface area contributed by atoms with Gasteiger partial charge in [-0.1, -0.05) is 12.8 Å². The largest absolute Gasteiger partial charge is 0.480 e. The minimum Gasteiger partial charge on any atom is -0.480 e. The molecule has 2 aliphatic rings. The molecule has 2 rings (SSSR count). The standard InChI is InChI=1S/C15H22N2O4/c16-11(15(20)21)7-3-4-8-17-12-13(18)9-5-1-2-6-10(9)14(12)19/h9-11H,1-8,16H2,(H,20,21). The van der Waals surface area contributed by atoms with E-state index in [2.05, 4.69) is 4.99 Å².